The van der Waals surface area contributed by atoms with E-state index >= 15 is 0 Å². The lowest BCUT2D eigenvalue weighted by molar-refractivity contribution is 0.0704. The molecule has 6 nitrogen and oxygen atoms in total. The van der Waals surface area contributed by atoms with Gasteiger partial charge >= 0.3 is 0 Å². The number of aromatic nitrogens is 4. The van der Waals surface area contributed by atoms with E-state index in [4.69, 9.17) is 4.98 Å². The van der Waals surface area contributed by atoms with Crippen molar-refractivity contribution in [3.8, 4) is 0 Å². The fraction of sp³-hybridized carbons (Fsp3) is 0.368. The van der Waals surface area contributed by atoms with Gasteiger partial charge in [-0.2, -0.15) is 0 Å². The van der Waals surface area contributed by atoms with Crippen LogP contribution in [0.15, 0.2) is 36.7 Å². The second kappa shape index (κ2) is 6.63. The van der Waals surface area contributed by atoms with Gasteiger partial charge in [0, 0.05) is 37.8 Å². The van der Waals surface area contributed by atoms with Gasteiger partial charge in [0.15, 0.2) is 0 Å². The maximum atomic E-state index is 12.8. The standard InChI is InChI=1S/C19H21N5O/c1-2-17-20-10-14(11-21-17)19(25)24-9-5-6-13(12-24)18-22-15-7-3-4-8-16(15)23-18/h3-4,7-8,10-11,13H,2,5-6,9,12H2,1H3,(H,22,23). The van der Waals surface area contributed by atoms with E-state index in [9.17, 15) is 4.79 Å². The molecular formula is C19H21N5O. The predicted octanol–water partition coefficient (Wildman–Crippen LogP) is 2.94. The molecule has 25 heavy (non-hydrogen) atoms. The van der Waals surface area contributed by atoms with Gasteiger partial charge in [-0.15, -0.1) is 0 Å². The van der Waals surface area contributed by atoms with E-state index in [1.807, 2.05) is 36.1 Å². The van der Waals surface area contributed by atoms with Crippen LogP contribution in [-0.4, -0.2) is 43.8 Å². The van der Waals surface area contributed by atoms with E-state index in [1.165, 1.54) is 0 Å². The lowest BCUT2D eigenvalue weighted by atomic mass is 9.97. The molecule has 1 amide bonds. The molecule has 6 heteroatoms. The Labute approximate surface area is 146 Å². The van der Waals surface area contributed by atoms with Crippen LogP contribution < -0.4 is 0 Å². The van der Waals surface area contributed by atoms with E-state index in [-0.39, 0.29) is 11.8 Å². The summed E-state index contributed by atoms with van der Waals surface area (Å²) in [4.78, 5) is 31.3. The van der Waals surface area contributed by atoms with Gasteiger partial charge in [-0.05, 0) is 25.0 Å². The summed E-state index contributed by atoms with van der Waals surface area (Å²) in [7, 11) is 0. The van der Waals surface area contributed by atoms with Gasteiger partial charge in [-0.1, -0.05) is 19.1 Å². The Morgan fingerprint density at radius 3 is 2.84 bits per heavy atom. The number of imidazole rings is 1. The number of aromatic amines is 1. The molecule has 1 N–H and O–H groups in total. The van der Waals surface area contributed by atoms with Crippen molar-refractivity contribution in [3.63, 3.8) is 0 Å². The summed E-state index contributed by atoms with van der Waals surface area (Å²) in [5.74, 6) is 1.97. The zero-order chi connectivity index (χ0) is 17.2. The summed E-state index contributed by atoms with van der Waals surface area (Å²) < 4.78 is 0. The lowest BCUT2D eigenvalue weighted by Gasteiger charge is -2.31. The van der Waals surface area contributed by atoms with Crippen molar-refractivity contribution in [2.24, 2.45) is 0 Å². The minimum Gasteiger partial charge on any atom is -0.342 e. The third-order valence-electron chi connectivity index (χ3n) is 4.77. The maximum Gasteiger partial charge on any atom is 0.257 e. The highest BCUT2D eigenvalue weighted by Crippen LogP contribution is 2.27. The number of piperidine rings is 1. The second-order valence-electron chi connectivity index (χ2n) is 6.47. The number of carbonyl (C=O) groups excluding carboxylic acids is 1. The molecule has 1 aliphatic heterocycles. The quantitative estimate of drug-likeness (QED) is 0.798. The fourth-order valence-corrected chi connectivity index (χ4v) is 3.38. The zero-order valence-electron chi connectivity index (χ0n) is 14.3. The first kappa shape index (κ1) is 15.7. The first-order valence-corrected chi connectivity index (χ1v) is 8.79. The number of fused-ring (bicyclic) bond motifs is 1. The van der Waals surface area contributed by atoms with Crippen molar-refractivity contribution in [2.75, 3.05) is 13.1 Å². The minimum atomic E-state index is 0.00321. The molecule has 1 fully saturated rings. The third kappa shape index (κ3) is 3.12. The molecule has 1 atom stereocenters. The van der Waals surface area contributed by atoms with Crippen molar-refractivity contribution < 1.29 is 4.79 Å². The maximum absolute atomic E-state index is 12.8. The molecular weight excluding hydrogens is 314 g/mol. The Kier molecular flexibility index (Phi) is 4.17. The molecule has 1 saturated heterocycles. The van der Waals surface area contributed by atoms with Crippen LogP contribution in [0, 0.1) is 0 Å². The molecule has 3 heterocycles. The van der Waals surface area contributed by atoms with Crippen LogP contribution in [-0.2, 0) is 6.42 Å². The van der Waals surface area contributed by atoms with Gasteiger partial charge in [0.1, 0.15) is 11.6 Å². The lowest BCUT2D eigenvalue weighted by Crippen LogP contribution is -2.39. The summed E-state index contributed by atoms with van der Waals surface area (Å²) in [5, 5.41) is 0. The molecule has 0 radical (unpaired) electrons. The summed E-state index contributed by atoms with van der Waals surface area (Å²) in [5.41, 5.74) is 2.58. The van der Waals surface area contributed by atoms with E-state index < -0.39 is 0 Å². The van der Waals surface area contributed by atoms with Crippen molar-refractivity contribution in [1.82, 2.24) is 24.8 Å². The Hall–Kier alpha value is -2.76. The molecule has 1 aromatic carbocycles. The highest BCUT2D eigenvalue weighted by atomic mass is 16.2. The molecule has 4 rings (SSSR count). The van der Waals surface area contributed by atoms with Crippen LogP contribution in [0.25, 0.3) is 11.0 Å². The van der Waals surface area contributed by atoms with Crippen molar-refractivity contribution in [1.29, 1.82) is 0 Å². The van der Waals surface area contributed by atoms with Gasteiger partial charge in [0.05, 0.1) is 16.6 Å². The summed E-state index contributed by atoms with van der Waals surface area (Å²) >= 11 is 0. The second-order valence-corrected chi connectivity index (χ2v) is 6.47. The predicted molar refractivity (Wildman–Crippen MR) is 95.4 cm³/mol. The topological polar surface area (TPSA) is 74.8 Å². The van der Waals surface area contributed by atoms with Crippen LogP contribution in [0.2, 0.25) is 0 Å². The fourth-order valence-electron chi connectivity index (χ4n) is 3.38. The smallest absolute Gasteiger partial charge is 0.257 e. The van der Waals surface area contributed by atoms with Gasteiger partial charge in [-0.25, -0.2) is 15.0 Å². The highest BCUT2D eigenvalue weighted by molar-refractivity contribution is 5.93. The summed E-state index contributed by atoms with van der Waals surface area (Å²) in [6.45, 7) is 3.44. The zero-order valence-corrected chi connectivity index (χ0v) is 14.3. The van der Waals surface area contributed by atoms with Crippen LogP contribution in [0.1, 0.15) is 47.7 Å². The Morgan fingerprint density at radius 2 is 2.08 bits per heavy atom. The molecule has 0 spiro atoms. The average molecular weight is 335 g/mol. The summed E-state index contributed by atoms with van der Waals surface area (Å²) in [6.07, 6.45) is 6.06. The van der Waals surface area contributed by atoms with E-state index in [2.05, 4.69) is 15.0 Å². The van der Waals surface area contributed by atoms with E-state index in [1.54, 1.807) is 12.4 Å². The number of benzene rings is 1. The molecule has 3 aromatic rings. The molecule has 128 valence electrons. The number of carbonyl (C=O) groups is 1. The highest BCUT2D eigenvalue weighted by Gasteiger charge is 2.27. The number of H-pyrrole nitrogens is 1. The summed E-state index contributed by atoms with van der Waals surface area (Å²) in [6, 6.07) is 8.03. The number of nitrogens with zero attached hydrogens (tertiary/aromatic N) is 4. The van der Waals surface area contributed by atoms with E-state index in [0.717, 1.165) is 48.5 Å². The molecule has 1 aliphatic rings. The van der Waals surface area contributed by atoms with Gasteiger partial charge < -0.3 is 9.88 Å². The number of hydrogen-bond donors (Lipinski definition) is 1. The molecule has 2 aromatic heterocycles. The Bertz CT molecular complexity index is 853. The van der Waals surface area contributed by atoms with Gasteiger partial charge in [-0.3, -0.25) is 4.79 Å². The Morgan fingerprint density at radius 1 is 1.28 bits per heavy atom. The van der Waals surface area contributed by atoms with Crippen molar-refractivity contribution >= 4 is 16.9 Å². The third-order valence-corrected chi connectivity index (χ3v) is 4.77. The Balaban J connectivity index is 1.52. The van der Waals surface area contributed by atoms with Crippen molar-refractivity contribution in [3.05, 3.63) is 53.9 Å². The minimum absolute atomic E-state index is 0.00321. The van der Waals surface area contributed by atoms with E-state index in [0.29, 0.717) is 12.1 Å². The van der Waals surface area contributed by atoms with Crippen LogP contribution in [0.3, 0.4) is 0 Å². The molecule has 0 aliphatic carbocycles. The van der Waals surface area contributed by atoms with Crippen LogP contribution in [0.4, 0.5) is 0 Å². The number of likely N-dealkylation sites (tertiary alicyclic amines) is 1. The van der Waals surface area contributed by atoms with Gasteiger partial charge in [0.2, 0.25) is 0 Å². The van der Waals surface area contributed by atoms with Crippen LogP contribution >= 0.6 is 0 Å². The molecule has 0 saturated carbocycles. The molecule has 1 unspecified atom stereocenters. The van der Waals surface area contributed by atoms with Crippen molar-refractivity contribution in [2.45, 2.75) is 32.1 Å². The average Bonchev–Trinajstić information content (AvgIpc) is 3.12. The monoisotopic (exact) mass is 335 g/mol. The number of aryl methyl sites for hydroxylation is 1. The number of nitrogens with one attached hydrogen (secondary N) is 1. The normalized spacial score (nSPS) is 17.8. The molecule has 0 bridgehead atoms. The number of amides is 1. The number of para-hydroxylation sites is 2. The largest absolute Gasteiger partial charge is 0.342 e. The number of hydrogen-bond acceptors (Lipinski definition) is 4. The first-order chi connectivity index (χ1) is 12.2. The van der Waals surface area contributed by atoms with Gasteiger partial charge in [0.25, 0.3) is 5.91 Å². The number of rotatable bonds is 3. The first-order valence-electron chi connectivity index (χ1n) is 8.79. The van der Waals surface area contributed by atoms with Crippen LogP contribution in [0.5, 0.6) is 0 Å². The SMILES string of the molecule is CCc1ncc(C(=O)N2CCCC(c3nc4ccccc4[nH]3)C2)cn1.